The van der Waals surface area contributed by atoms with E-state index in [2.05, 4.69) is 36.2 Å². The second-order valence-corrected chi connectivity index (χ2v) is 17.4. The van der Waals surface area contributed by atoms with Crippen LogP contribution in [0, 0.1) is 36.3 Å². The molecule has 8 rings (SSSR count). The van der Waals surface area contributed by atoms with Gasteiger partial charge in [0.1, 0.15) is 6.54 Å². The van der Waals surface area contributed by atoms with Crippen molar-refractivity contribution in [3.05, 3.63) is 94.5 Å². The molecule has 346 valence electrons. The third-order valence-corrected chi connectivity index (χ3v) is 12.9. The average Bonchev–Trinajstić information content (AvgIpc) is 3.84. The van der Waals surface area contributed by atoms with Crippen LogP contribution in [0.3, 0.4) is 0 Å². The number of hydrogen-bond acceptors (Lipinski definition) is 10. The molecule has 4 amide bonds. The average molecular weight is 932 g/mol. The number of carboxylic acid groups (broad SMARTS) is 1. The lowest BCUT2D eigenvalue weighted by atomic mass is 9.90. The molecular weight excluding hydrogens is 885 g/mol. The standard InChI is InChI=1S/C44H46ClF3N12O6/c1-25-32(21-59(55-25)22-37(61)52-36-8-7-35(46)53-54-36)29-5-6-31(40(48)39(29)47)34-20-50-41(56(34)2)42(64)51-28-3-4-30(33(45)17-28)44(66)58-13-11-57(12-14-58)43(65)27-9-15-60(16-10-27,24-38(62)63)23-26-18-49-19-26/h3-8,17,20-21,26-27,49H,9-16,18-19,22-24H2,1-2H3,(H2-,51,52,54,61,62,63,64,66)/p+1. The molecule has 4 N–H and O–H groups in total. The van der Waals surface area contributed by atoms with Crippen LogP contribution < -0.4 is 16.0 Å². The summed E-state index contributed by atoms with van der Waals surface area (Å²) in [4.78, 5) is 72.3. The van der Waals surface area contributed by atoms with Gasteiger partial charge >= 0.3 is 5.97 Å². The number of aliphatic carboxylic acids is 1. The number of carbonyl (C=O) groups is 5. The van der Waals surface area contributed by atoms with Crippen molar-refractivity contribution in [2.45, 2.75) is 26.3 Å². The Morgan fingerprint density at radius 2 is 1.59 bits per heavy atom. The lowest BCUT2D eigenvalue weighted by molar-refractivity contribution is -0.929. The van der Waals surface area contributed by atoms with Crippen molar-refractivity contribution in [2.24, 2.45) is 18.9 Å². The fourth-order valence-electron chi connectivity index (χ4n) is 8.99. The number of aryl methyl sites for hydroxylation is 1. The molecule has 0 saturated carbocycles. The first-order chi connectivity index (χ1) is 31.6. The highest BCUT2D eigenvalue weighted by Crippen LogP contribution is 2.34. The summed E-state index contributed by atoms with van der Waals surface area (Å²) >= 11 is 6.58. The molecule has 3 aliphatic rings. The first-order valence-electron chi connectivity index (χ1n) is 21.4. The van der Waals surface area contributed by atoms with Gasteiger partial charge in [-0.25, -0.2) is 18.6 Å². The van der Waals surface area contributed by atoms with Gasteiger partial charge in [0.05, 0.1) is 47.8 Å². The highest BCUT2D eigenvalue weighted by Gasteiger charge is 2.42. The SMILES string of the molecule is Cc1nn(CC(=O)Nc2ccc(F)nn2)cc1-c1ccc(-c2cnc(C(=O)Nc3ccc(C(=O)N4CCN(C(=O)C5CC[N+](CC(=O)O)(CC6CNC6)CC5)CC4)c(Cl)c3)n2C)c(F)c1F. The van der Waals surface area contributed by atoms with Crippen LogP contribution in [0.15, 0.2) is 54.9 Å². The fourth-order valence-corrected chi connectivity index (χ4v) is 9.25. The number of quaternary nitrogens is 1. The van der Waals surface area contributed by atoms with Crippen molar-refractivity contribution >= 4 is 52.7 Å². The van der Waals surface area contributed by atoms with Crippen molar-refractivity contribution in [1.82, 2.24) is 44.6 Å². The first kappa shape index (κ1) is 45.8. The molecular formula is C44H47ClF3N12O6+. The van der Waals surface area contributed by atoms with E-state index in [1.165, 1.54) is 65.1 Å². The summed E-state index contributed by atoms with van der Waals surface area (Å²) in [5, 5.41) is 29.1. The van der Waals surface area contributed by atoms with E-state index in [-0.39, 0.29) is 81.1 Å². The molecule has 66 heavy (non-hydrogen) atoms. The molecule has 0 radical (unpaired) electrons. The maximum atomic E-state index is 15.8. The number of hydrogen-bond donors (Lipinski definition) is 4. The molecule has 3 aromatic heterocycles. The summed E-state index contributed by atoms with van der Waals surface area (Å²) in [6, 6.07) is 9.40. The Balaban J connectivity index is 0.854. The first-order valence-corrected chi connectivity index (χ1v) is 21.8. The van der Waals surface area contributed by atoms with Gasteiger partial charge in [-0.05, 0) is 43.3 Å². The smallest absolute Gasteiger partial charge is 0.359 e. The van der Waals surface area contributed by atoms with E-state index >= 15 is 8.78 Å². The van der Waals surface area contributed by atoms with Crippen molar-refractivity contribution in [2.75, 3.05) is 76.1 Å². The van der Waals surface area contributed by atoms with Crippen LogP contribution in [0.2, 0.25) is 5.02 Å². The van der Waals surface area contributed by atoms with E-state index < -0.39 is 35.4 Å². The van der Waals surface area contributed by atoms with Gasteiger partial charge in [-0.1, -0.05) is 17.7 Å². The van der Waals surface area contributed by atoms with Crippen LogP contribution in [0.25, 0.3) is 22.4 Å². The Hall–Kier alpha value is -6.71. The quantitative estimate of drug-likeness (QED) is 0.125. The van der Waals surface area contributed by atoms with Gasteiger partial charge in [0.15, 0.2) is 29.8 Å². The maximum absolute atomic E-state index is 15.8. The van der Waals surface area contributed by atoms with E-state index in [9.17, 15) is 33.5 Å². The summed E-state index contributed by atoms with van der Waals surface area (Å²) in [5.41, 5.74) is 0.825. The number of piperidine rings is 1. The lowest BCUT2D eigenvalue weighted by Gasteiger charge is -2.46. The number of amides is 4. The summed E-state index contributed by atoms with van der Waals surface area (Å²) in [6.07, 6.45) is 3.87. The monoisotopic (exact) mass is 931 g/mol. The molecule has 0 aliphatic carbocycles. The van der Waals surface area contributed by atoms with Gasteiger partial charge in [0.25, 0.3) is 11.8 Å². The second kappa shape index (κ2) is 19.0. The van der Waals surface area contributed by atoms with Gasteiger partial charge in [-0.3, -0.25) is 23.9 Å². The van der Waals surface area contributed by atoms with E-state index in [0.717, 1.165) is 25.7 Å². The van der Waals surface area contributed by atoms with Crippen molar-refractivity contribution in [1.29, 1.82) is 0 Å². The molecule has 0 spiro atoms. The number of benzene rings is 2. The zero-order valence-electron chi connectivity index (χ0n) is 36.1. The van der Waals surface area contributed by atoms with Crippen molar-refractivity contribution in [3.8, 4) is 22.4 Å². The van der Waals surface area contributed by atoms with E-state index in [1.807, 2.05) is 0 Å². The van der Waals surface area contributed by atoms with E-state index in [4.69, 9.17) is 11.6 Å². The minimum absolute atomic E-state index is 0.0211. The molecule has 2 aromatic carbocycles. The van der Waals surface area contributed by atoms with Gasteiger partial charge in [0, 0.05) is 99.6 Å². The fraction of sp³-hybridized carbons (Fsp3) is 0.386. The van der Waals surface area contributed by atoms with Gasteiger partial charge in [-0.2, -0.15) is 9.49 Å². The number of halogens is 4. The zero-order valence-corrected chi connectivity index (χ0v) is 36.8. The molecule has 5 aromatic rings. The third-order valence-electron chi connectivity index (χ3n) is 12.6. The van der Waals surface area contributed by atoms with Crippen LogP contribution in [-0.4, -0.2) is 144 Å². The molecule has 3 fully saturated rings. The van der Waals surface area contributed by atoms with Crippen LogP contribution in [-0.2, 0) is 28.0 Å². The van der Waals surface area contributed by atoms with Gasteiger partial charge < -0.3 is 39.9 Å². The van der Waals surface area contributed by atoms with Gasteiger partial charge in [0.2, 0.25) is 17.8 Å². The lowest BCUT2D eigenvalue weighted by Crippen LogP contribution is -2.62. The molecule has 3 aliphatic heterocycles. The Bertz CT molecular complexity index is 2690. The highest BCUT2D eigenvalue weighted by atomic mass is 35.5. The highest BCUT2D eigenvalue weighted by molar-refractivity contribution is 6.34. The summed E-state index contributed by atoms with van der Waals surface area (Å²) < 4.78 is 47.6. The Morgan fingerprint density at radius 1 is 0.894 bits per heavy atom. The van der Waals surface area contributed by atoms with Gasteiger partial charge in [-0.15, -0.1) is 10.2 Å². The minimum Gasteiger partial charge on any atom is -0.477 e. The van der Waals surface area contributed by atoms with E-state index in [0.29, 0.717) is 68.2 Å². The van der Waals surface area contributed by atoms with Crippen molar-refractivity contribution in [3.63, 3.8) is 0 Å². The molecule has 22 heteroatoms. The number of piperazine rings is 1. The molecule has 0 unspecified atom stereocenters. The predicted octanol–water partition coefficient (Wildman–Crippen LogP) is 3.83. The topological polar surface area (TPSA) is 210 Å². The normalized spacial score (nSPS) is 18.7. The van der Waals surface area contributed by atoms with Crippen molar-refractivity contribution < 1.29 is 46.7 Å². The minimum atomic E-state index is -1.20. The maximum Gasteiger partial charge on any atom is 0.359 e. The Kier molecular flexibility index (Phi) is 13.2. The Labute approximate surface area is 381 Å². The van der Waals surface area contributed by atoms with Crippen LogP contribution in [0.1, 0.15) is 39.5 Å². The molecule has 0 bridgehead atoms. The number of rotatable bonds is 13. The largest absolute Gasteiger partial charge is 0.477 e. The second-order valence-electron chi connectivity index (χ2n) is 17.0. The third kappa shape index (κ3) is 9.77. The summed E-state index contributed by atoms with van der Waals surface area (Å²) in [5.74, 6) is -5.41. The number of carbonyl (C=O) groups excluding carboxylic acids is 4. The number of imidazole rings is 1. The molecule has 3 saturated heterocycles. The predicted molar refractivity (Wildman–Crippen MR) is 233 cm³/mol. The molecule has 6 heterocycles. The number of anilines is 2. The number of aromatic nitrogens is 6. The number of nitrogens with one attached hydrogen (secondary N) is 3. The Morgan fingerprint density at radius 3 is 2.24 bits per heavy atom. The molecule has 0 atom stereocenters. The van der Waals surface area contributed by atoms with E-state index in [1.54, 1.807) is 16.7 Å². The number of nitrogens with zero attached hydrogens (tertiary/aromatic N) is 9. The zero-order chi connectivity index (χ0) is 46.9. The summed E-state index contributed by atoms with van der Waals surface area (Å²) in [7, 11) is 1.47. The van der Waals surface area contributed by atoms with Crippen LogP contribution in [0.5, 0.6) is 0 Å². The summed E-state index contributed by atoms with van der Waals surface area (Å²) in [6.45, 7) is 6.52. The number of carboxylic acids is 1. The van der Waals surface area contributed by atoms with Crippen LogP contribution >= 0.6 is 11.6 Å². The molecule has 18 nitrogen and oxygen atoms in total. The number of likely N-dealkylation sites (tertiary alicyclic amines) is 1. The van der Waals surface area contributed by atoms with Crippen LogP contribution in [0.4, 0.5) is 24.7 Å².